The zero-order valence-corrected chi connectivity index (χ0v) is 39.2. The summed E-state index contributed by atoms with van der Waals surface area (Å²) in [6.45, 7) is 5.06. The monoisotopic (exact) mass is 971 g/mol. The Bertz CT molecular complexity index is 1610. The van der Waals surface area contributed by atoms with E-state index in [1.165, 1.54) is 61.4 Å². The number of rotatable bonds is 6. The van der Waals surface area contributed by atoms with Crippen molar-refractivity contribution in [1.82, 2.24) is 5.32 Å². The topological polar surface area (TPSA) is 49.3 Å². The van der Waals surface area contributed by atoms with Gasteiger partial charge in [-0.1, -0.05) is 108 Å². The van der Waals surface area contributed by atoms with Crippen LogP contribution in [0.4, 0.5) is 26.3 Å². The van der Waals surface area contributed by atoms with Crippen LogP contribution in [0.15, 0.2) is 97.1 Å². The number of benzene rings is 4. The molecule has 3 nitrogen and oxygen atoms in total. The Balaban J connectivity index is 0.000000785. The van der Waals surface area contributed by atoms with Gasteiger partial charge in [-0.25, -0.2) is 26.3 Å². The quantitative estimate of drug-likeness (QED) is 0.115. The minimum Gasteiger partial charge on any atom is -1.00 e. The number of Topliss-reactive ketones (excluding diaryl/α,β-unsaturated/α-hetero) is 1. The molecule has 352 valence electrons. The van der Waals surface area contributed by atoms with Crippen LogP contribution >= 0.6 is 0 Å². The third-order valence-corrected chi connectivity index (χ3v) is 11.7. The Morgan fingerprint density at radius 3 is 1.14 bits per heavy atom. The first-order valence-electron chi connectivity index (χ1n) is 21.9. The standard InChI is InChI=1S/C13H16F2.C13H17FO.C12H15F2N.C7H6F.C6H10O.2CH4.BrH.Mg/c2*14-12-6-4-11(5-7-12)10-13(15)8-2-1-3-9-13;13-11-3-1-10(2-4-11)9-12(14)5-7-15-8-6-12;1-6-2-4-7(8)5-3-6;7-6-4-2-1-3-5-6;;;;/h4-7H,1-3,8-10H2;4-7,15H,1-3,8-10H2;1-4,15H,5-9H2;2-5H,1H2;1-5H2;2*1H4;1H;/q;;;-1;;;;;+2/p-1. The van der Waals surface area contributed by atoms with Crippen LogP contribution in [0, 0.1) is 30.2 Å². The van der Waals surface area contributed by atoms with E-state index in [2.05, 4.69) is 12.2 Å². The maximum Gasteiger partial charge on any atom is 2.00 e. The van der Waals surface area contributed by atoms with Crippen molar-refractivity contribution in [3.8, 4) is 0 Å². The number of alkyl halides is 2. The number of piperidine rings is 1. The molecule has 4 aromatic rings. The first-order chi connectivity index (χ1) is 28.7. The van der Waals surface area contributed by atoms with Crippen molar-refractivity contribution >= 4 is 28.8 Å². The van der Waals surface area contributed by atoms with Gasteiger partial charge in [0.15, 0.2) is 0 Å². The fourth-order valence-electron chi connectivity index (χ4n) is 8.15. The summed E-state index contributed by atoms with van der Waals surface area (Å²) >= 11 is 0. The summed E-state index contributed by atoms with van der Waals surface area (Å²) in [6.07, 6.45) is 17.5. The van der Waals surface area contributed by atoms with Crippen molar-refractivity contribution < 1.29 is 53.2 Å². The van der Waals surface area contributed by atoms with Gasteiger partial charge in [0, 0.05) is 32.1 Å². The van der Waals surface area contributed by atoms with E-state index >= 15 is 0 Å². The van der Waals surface area contributed by atoms with Gasteiger partial charge >= 0.3 is 23.1 Å². The zero-order chi connectivity index (χ0) is 43.3. The summed E-state index contributed by atoms with van der Waals surface area (Å²) in [5.74, 6) is -0.481. The Morgan fingerprint density at radius 1 is 0.484 bits per heavy atom. The molecular formula is C53H72BrF6MgNO2. The smallest absolute Gasteiger partial charge is 1.00 e. The van der Waals surface area contributed by atoms with Crippen LogP contribution in [0.5, 0.6) is 0 Å². The van der Waals surface area contributed by atoms with E-state index in [1.54, 1.807) is 48.5 Å². The molecule has 0 atom stereocenters. The minimum atomic E-state index is -1.11. The summed E-state index contributed by atoms with van der Waals surface area (Å²) in [5, 5.41) is 13.4. The molecule has 1 saturated heterocycles. The summed E-state index contributed by atoms with van der Waals surface area (Å²) in [6, 6.07) is 24.8. The van der Waals surface area contributed by atoms with Gasteiger partial charge in [-0.2, -0.15) is 24.6 Å². The van der Waals surface area contributed by atoms with Gasteiger partial charge in [0.05, 0.1) is 11.4 Å². The van der Waals surface area contributed by atoms with Gasteiger partial charge in [0.2, 0.25) is 0 Å². The number of aliphatic hydroxyl groups is 1. The van der Waals surface area contributed by atoms with Crippen molar-refractivity contribution in [2.24, 2.45) is 0 Å². The van der Waals surface area contributed by atoms with E-state index in [1.807, 2.05) is 0 Å². The molecule has 1 heterocycles. The molecule has 8 rings (SSSR count). The number of nitrogens with one attached hydrogen (secondary N) is 1. The fourth-order valence-corrected chi connectivity index (χ4v) is 8.15. The van der Waals surface area contributed by atoms with E-state index in [0.29, 0.717) is 50.7 Å². The SMILES string of the molecule is C.C.Fc1ccc(CC2(F)CCCCC2)cc1.Fc1ccc(CC2(F)CCNCC2)cc1.O=C1CCCCC1.OC1(Cc2ccc(F)cc2)CCCCC1.[Br-].[CH2-]c1ccc(F)cc1.[Mg+2]. The molecule has 11 heteroatoms. The van der Waals surface area contributed by atoms with E-state index in [-0.39, 0.29) is 78.2 Å². The van der Waals surface area contributed by atoms with Crippen molar-refractivity contribution in [3.05, 3.63) is 150 Å². The molecule has 3 aliphatic carbocycles. The van der Waals surface area contributed by atoms with Crippen molar-refractivity contribution in [1.29, 1.82) is 0 Å². The molecule has 0 amide bonds. The number of carbonyl (C=O) groups excluding carboxylic acids is 1. The first kappa shape index (κ1) is 61.2. The van der Waals surface area contributed by atoms with Crippen LogP contribution in [0.25, 0.3) is 0 Å². The van der Waals surface area contributed by atoms with Gasteiger partial charge in [-0.05, 0) is 118 Å². The molecule has 2 N–H and O–H groups in total. The van der Waals surface area contributed by atoms with E-state index < -0.39 is 16.9 Å². The van der Waals surface area contributed by atoms with Gasteiger partial charge < -0.3 is 27.4 Å². The molecule has 0 aromatic heterocycles. The Labute approximate surface area is 407 Å². The van der Waals surface area contributed by atoms with Crippen LogP contribution < -0.4 is 22.3 Å². The molecule has 0 spiro atoms. The predicted octanol–water partition coefficient (Wildman–Crippen LogP) is 11.0. The van der Waals surface area contributed by atoms with Crippen LogP contribution in [0.1, 0.15) is 146 Å². The van der Waals surface area contributed by atoms with E-state index in [0.717, 1.165) is 106 Å². The third-order valence-electron chi connectivity index (χ3n) is 11.7. The Hall–Kier alpha value is -2.83. The average Bonchev–Trinajstić information content (AvgIpc) is 3.23. The molecule has 1 aliphatic heterocycles. The maximum atomic E-state index is 14.3. The van der Waals surface area contributed by atoms with Gasteiger partial charge in [-0.3, -0.25) is 4.79 Å². The zero-order valence-electron chi connectivity index (χ0n) is 36.2. The molecule has 0 bridgehead atoms. The average molecular weight is 973 g/mol. The minimum absolute atomic E-state index is 0. The number of ketones is 1. The normalized spacial score (nSPS) is 17.8. The second-order valence-corrected chi connectivity index (χ2v) is 17.0. The summed E-state index contributed by atoms with van der Waals surface area (Å²) < 4.78 is 78.6. The summed E-state index contributed by atoms with van der Waals surface area (Å²) in [5.41, 5.74) is 0.948. The van der Waals surface area contributed by atoms with Gasteiger partial charge in [-0.15, -0.1) is 0 Å². The molecule has 0 radical (unpaired) electrons. The molecule has 4 aliphatic rings. The van der Waals surface area contributed by atoms with Crippen LogP contribution in [-0.2, 0) is 24.1 Å². The van der Waals surface area contributed by atoms with Gasteiger partial charge in [0.1, 0.15) is 34.6 Å². The van der Waals surface area contributed by atoms with Crippen LogP contribution in [0.2, 0.25) is 0 Å². The Morgan fingerprint density at radius 2 is 0.797 bits per heavy atom. The van der Waals surface area contributed by atoms with Crippen LogP contribution in [-0.4, -0.2) is 64.0 Å². The van der Waals surface area contributed by atoms with Crippen molar-refractivity contribution in [2.75, 3.05) is 13.1 Å². The van der Waals surface area contributed by atoms with Gasteiger partial charge in [0.25, 0.3) is 0 Å². The maximum absolute atomic E-state index is 14.3. The van der Waals surface area contributed by atoms with Crippen LogP contribution in [0.3, 0.4) is 0 Å². The molecule has 0 unspecified atom stereocenters. The van der Waals surface area contributed by atoms with Crippen molar-refractivity contribution in [3.63, 3.8) is 0 Å². The third kappa shape index (κ3) is 24.6. The summed E-state index contributed by atoms with van der Waals surface area (Å²) in [7, 11) is 0. The molecule has 4 fully saturated rings. The number of hydrogen-bond donors (Lipinski definition) is 2. The van der Waals surface area contributed by atoms with Crippen molar-refractivity contribution in [2.45, 2.75) is 160 Å². The second kappa shape index (κ2) is 32.0. The van der Waals surface area contributed by atoms with E-state index in [4.69, 9.17) is 0 Å². The first-order valence-corrected chi connectivity index (χ1v) is 21.9. The Kier molecular flexibility index (Phi) is 30.6. The molecule has 4 aromatic carbocycles. The number of halogens is 7. The second-order valence-electron chi connectivity index (χ2n) is 17.0. The fraction of sp³-hybridized carbons (Fsp3) is 0.509. The molecular weight excluding hydrogens is 901 g/mol. The number of carbonyl (C=O) groups is 1. The summed E-state index contributed by atoms with van der Waals surface area (Å²) in [4.78, 5) is 10.5. The largest absolute Gasteiger partial charge is 2.00 e. The predicted molar refractivity (Wildman–Crippen MR) is 249 cm³/mol. The molecule has 64 heavy (non-hydrogen) atoms. The molecule has 3 saturated carbocycles. The number of hydrogen-bond acceptors (Lipinski definition) is 3. The van der Waals surface area contributed by atoms with E-state index in [9.17, 15) is 36.2 Å².